The SMILES string of the molecule is COc1ccccc1NC(=O)c1cnc(C2CCCCN2Cc2ccc(C)c(C)c2)nc1C. The largest absolute Gasteiger partial charge is 0.495 e. The van der Waals surface area contributed by atoms with Gasteiger partial charge in [-0.05, 0) is 69.0 Å². The Labute approximate surface area is 196 Å². The van der Waals surface area contributed by atoms with Crippen LogP contribution in [0.25, 0.3) is 0 Å². The lowest BCUT2D eigenvalue weighted by molar-refractivity contribution is 0.102. The number of nitrogens with zero attached hydrogens (tertiary/aromatic N) is 3. The number of para-hydroxylation sites is 2. The minimum atomic E-state index is -0.237. The van der Waals surface area contributed by atoms with Gasteiger partial charge in [0.2, 0.25) is 0 Å². The molecule has 1 atom stereocenters. The van der Waals surface area contributed by atoms with Gasteiger partial charge in [-0.1, -0.05) is 36.8 Å². The number of methoxy groups -OCH3 is 1. The number of anilines is 1. The number of likely N-dealkylation sites (tertiary alicyclic amines) is 1. The predicted molar refractivity (Wildman–Crippen MR) is 131 cm³/mol. The number of benzene rings is 2. The van der Waals surface area contributed by atoms with Crippen LogP contribution in [0.15, 0.2) is 48.7 Å². The standard InChI is InChI=1S/C27H32N4O2/c1-18-12-13-21(15-19(18)2)17-31-14-8-7-10-24(31)26-28-16-22(20(3)29-26)27(32)30-23-9-5-6-11-25(23)33-4/h5-6,9,11-13,15-16,24H,7-8,10,14,17H2,1-4H3,(H,30,32). The molecule has 1 amide bonds. The van der Waals surface area contributed by atoms with E-state index in [1.807, 2.05) is 31.2 Å². The normalized spacial score (nSPS) is 16.4. The van der Waals surface area contributed by atoms with Crippen molar-refractivity contribution in [2.45, 2.75) is 52.6 Å². The summed E-state index contributed by atoms with van der Waals surface area (Å²) in [6.07, 6.45) is 5.02. The summed E-state index contributed by atoms with van der Waals surface area (Å²) in [5.41, 5.74) is 5.73. The third kappa shape index (κ3) is 5.22. The zero-order valence-electron chi connectivity index (χ0n) is 19.9. The van der Waals surface area contributed by atoms with Crippen LogP contribution in [-0.2, 0) is 6.54 Å². The second kappa shape index (κ2) is 10.1. The average molecular weight is 445 g/mol. The van der Waals surface area contributed by atoms with E-state index < -0.39 is 0 Å². The molecule has 0 spiro atoms. The second-order valence-corrected chi connectivity index (χ2v) is 8.78. The number of aryl methyl sites for hydroxylation is 3. The van der Waals surface area contributed by atoms with Gasteiger partial charge in [-0.15, -0.1) is 0 Å². The van der Waals surface area contributed by atoms with Crippen LogP contribution in [0.5, 0.6) is 5.75 Å². The molecule has 1 fully saturated rings. The van der Waals surface area contributed by atoms with Crippen molar-refractivity contribution in [1.29, 1.82) is 0 Å². The van der Waals surface area contributed by atoms with Crippen LogP contribution < -0.4 is 10.1 Å². The summed E-state index contributed by atoms with van der Waals surface area (Å²) in [7, 11) is 1.59. The minimum absolute atomic E-state index is 0.158. The fraction of sp³-hybridized carbons (Fsp3) is 0.370. The lowest BCUT2D eigenvalue weighted by atomic mass is 9.99. The van der Waals surface area contributed by atoms with Crippen LogP contribution in [0.4, 0.5) is 5.69 Å². The summed E-state index contributed by atoms with van der Waals surface area (Å²) < 4.78 is 5.33. The molecule has 0 saturated carbocycles. The Morgan fingerprint density at radius 3 is 2.70 bits per heavy atom. The molecule has 172 valence electrons. The van der Waals surface area contributed by atoms with E-state index >= 15 is 0 Å². The monoisotopic (exact) mass is 444 g/mol. The van der Waals surface area contributed by atoms with Crippen molar-refractivity contribution >= 4 is 11.6 Å². The van der Waals surface area contributed by atoms with E-state index in [-0.39, 0.29) is 11.9 Å². The number of amides is 1. The molecule has 2 aromatic carbocycles. The molecule has 1 saturated heterocycles. The number of carbonyl (C=O) groups excluding carboxylic acids is 1. The molecule has 1 N–H and O–H groups in total. The molecule has 0 bridgehead atoms. The van der Waals surface area contributed by atoms with Gasteiger partial charge < -0.3 is 10.1 Å². The van der Waals surface area contributed by atoms with Gasteiger partial charge in [0.05, 0.1) is 30.1 Å². The number of rotatable bonds is 6. The molecule has 6 heteroatoms. The van der Waals surface area contributed by atoms with Gasteiger partial charge in [-0.3, -0.25) is 9.69 Å². The number of aromatic nitrogens is 2. The van der Waals surface area contributed by atoms with Crippen molar-refractivity contribution in [3.8, 4) is 5.75 Å². The van der Waals surface area contributed by atoms with Gasteiger partial charge in [0.15, 0.2) is 0 Å². The number of nitrogens with one attached hydrogen (secondary N) is 1. The maximum Gasteiger partial charge on any atom is 0.259 e. The Bertz CT molecular complexity index is 1140. The molecular formula is C27H32N4O2. The Hall–Kier alpha value is -3.25. The second-order valence-electron chi connectivity index (χ2n) is 8.78. The van der Waals surface area contributed by atoms with Gasteiger partial charge in [0.25, 0.3) is 5.91 Å². The summed E-state index contributed by atoms with van der Waals surface area (Å²) >= 11 is 0. The fourth-order valence-corrected chi connectivity index (χ4v) is 4.42. The van der Waals surface area contributed by atoms with E-state index in [1.165, 1.54) is 23.1 Å². The van der Waals surface area contributed by atoms with Crippen molar-refractivity contribution < 1.29 is 9.53 Å². The van der Waals surface area contributed by atoms with E-state index in [0.717, 1.165) is 31.8 Å². The molecule has 1 unspecified atom stereocenters. The highest BCUT2D eigenvalue weighted by molar-refractivity contribution is 6.05. The highest BCUT2D eigenvalue weighted by atomic mass is 16.5. The van der Waals surface area contributed by atoms with Crippen LogP contribution in [0.3, 0.4) is 0 Å². The van der Waals surface area contributed by atoms with Crippen molar-refractivity contribution in [2.75, 3.05) is 19.0 Å². The highest BCUT2D eigenvalue weighted by Gasteiger charge is 2.27. The molecule has 1 aliphatic heterocycles. The maximum absolute atomic E-state index is 12.9. The number of hydrogen-bond acceptors (Lipinski definition) is 5. The molecule has 0 radical (unpaired) electrons. The lowest BCUT2D eigenvalue weighted by Gasteiger charge is -2.35. The Balaban J connectivity index is 1.52. The first-order valence-corrected chi connectivity index (χ1v) is 11.5. The maximum atomic E-state index is 12.9. The number of carbonyl (C=O) groups is 1. The molecule has 1 aliphatic rings. The van der Waals surface area contributed by atoms with E-state index in [9.17, 15) is 4.79 Å². The van der Waals surface area contributed by atoms with Gasteiger partial charge >= 0.3 is 0 Å². The quantitative estimate of drug-likeness (QED) is 0.552. The fourth-order valence-electron chi connectivity index (χ4n) is 4.42. The first-order valence-electron chi connectivity index (χ1n) is 11.5. The zero-order chi connectivity index (χ0) is 23.4. The Kier molecular flexibility index (Phi) is 7.04. The Morgan fingerprint density at radius 2 is 1.94 bits per heavy atom. The molecular weight excluding hydrogens is 412 g/mol. The zero-order valence-corrected chi connectivity index (χ0v) is 19.9. The highest BCUT2D eigenvalue weighted by Crippen LogP contribution is 2.31. The smallest absolute Gasteiger partial charge is 0.259 e. The lowest BCUT2D eigenvalue weighted by Crippen LogP contribution is -2.34. The van der Waals surface area contributed by atoms with E-state index in [1.54, 1.807) is 13.3 Å². The first-order chi connectivity index (χ1) is 16.0. The summed E-state index contributed by atoms with van der Waals surface area (Å²) in [6, 6.07) is 14.2. The first kappa shape index (κ1) is 22.9. The van der Waals surface area contributed by atoms with Crippen LogP contribution in [0, 0.1) is 20.8 Å². The van der Waals surface area contributed by atoms with Gasteiger partial charge in [0.1, 0.15) is 11.6 Å². The third-order valence-corrected chi connectivity index (χ3v) is 6.47. The summed E-state index contributed by atoms with van der Waals surface area (Å²) in [5.74, 6) is 1.18. The van der Waals surface area contributed by atoms with Gasteiger partial charge in [0, 0.05) is 12.7 Å². The minimum Gasteiger partial charge on any atom is -0.495 e. The molecule has 3 aromatic rings. The molecule has 1 aromatic heterocycles. The van der Waals surface area contributed by atoms with Gasteiger partial charge in [-0.25, -0.2) is 9.97 Å². The molecule has 33 heavy (non-hydrogen) atoms. The summed E-state index contributed by atoms with van der Waals surface area (Å²) in [6.45, 7) is 8.08. The van der Waals surface area contributed by atoms with Crippen LogP contribution in [0.1, 0.15) is 63.9 Å². The van der Waals surface area contributed by atoms with Crippen LogP contribution >= 0.6 is 0 Å². The molecule has 4 rings (SSSR count). The number of ether oxygens (including phenoxy) is 1. The van der Waals surface area contributed by atoms with E-state index in [0.29, 0.717) is 22.7 Å². The van der Waals surface area contributed by atoms with Crippen molar-refractivity contribution in [3.05, 3.63) is 82.4 Å². The summed E-state index contributed by atoms with van der Waals surface area (Å²) in [4.78, 5) is 24.8. The molecule has 6 nitrogen and oxygen atoms in total. The van der Waals surface area contributed by atoms with Crippen LogP contribution in [-0.4, -0.2) is 34.4 Å². The van der Waals surface area contributed by atoms with Crippen molar-refractivity contribution in [3.63, 3.8) is 0 Å². The van der Waals surface area contributed by atoms with Crippen molar-refractivity contribution in [2.24, 2.45) is 0 Å². The van der Waals surface area contributed by atoms with Gasteiger partial charge in [-0.2, -0.15) is 0 Å². The average Bonchev–Trinajstić information content (AvgIpc) is 2.82. The summed E-state index contributed by atoms with van der Waals surface area (Å²) in [5, 5.41) is 2.91. The Morgan fingerprint density at radius 1 is 1.12 bits per heavy atom. The van der Waals surface area contributed by atoms with Crippen molar-refractivity contribution in [1.82, 2.24) is 14.9 Å². The predicted octanol–water partition coefficient (Wildman–Crippen LogP) is 5.39. The topological polar surface area (TPSA) is 67.3 Å². The molecule has 2 heterocycles. The van der Waals surface area contributed by atoms with E-state index in [4.69, 9.17) is 9.72 Å². The van der Waals surface area contributed by atoms with Crippen LogP contribution in [0.2, 0.25) is 0 Å². The molecule has 0 aliphatic carbocycles. The third-order valence-electron chi connectivity index (χ3n) is 6.47. The number of hydrogen-bond donors (Lipinski definition) is 1. The van der Waals surface area contributed by atoms with E-state index in [2.05, 4.69) is 47.2 Å². The number of piperidine rings is 1.